The van der Waals surface area contributed by atoms with Crippen LogP contribution in [0.5, 0.6) is 5.75 Å². The maximum Gasteiger partial charge on any atom is 0.335 e. The van der Waals surface area contributed by atoms with Crippen LogP contribution in [-0.4, -0.2) is 56.8 Å². The number of fused-ring (bicyclic) bond motifs is 1. The van der Waals surface area contributed by atoms with Crippen molar-refractivity contribution in [1.82, 2.24) is 19.4 Å². The second-order valence-corrected chi connectivity index (χ2v) is 10.9. The number of hydrogen-bond donors (Lipinski definition) is 1. The van der Waals surface area contributed by atoms with E-state index in [1.165, 1.54) is 6.42 Å². The smallest absolute Gasteiger partial charge is 0.335 e. The van der Waals surface area contributed by atoms with E-state index in [2.05, 4.69) is 9.88 Å². The number of halogens is 2. The Morgan fingerprint density at radius 3 is 2.58 bits per heavy atom. The van der Waals surface area contributed by atoms with Crippen molar-refractivity contribution in [2.75, 3.05) is 26.3 Å². The molecule has 6 rings (SSSR count). The third-order valence-electron chi connectivity index (χ3n) is 7.21. The number of benzene rings is 2. The summed E-state index contributed by atoms with van der Waals surface area (Å²) in [5.41, 5.74) is 1.92. The Hall–Kier alpha value is -3.11. The molecule has 0 aliphatic carbocycles. The van der Waals surface area contributed by atoms with E-state index in [9.17, 15) is 9.90 Å². The van der Waals surface area contributed by atoms with Crippen molar-refractivity contribution in [3.63, 3.8) is 0 Å². The molecule has 2 aliphatic heterocycles. The van der Waals surface area contributed by atoms with Crippen molar-refractivity contribution in [2.45, 2.75) is 38.8 Å². The van der Waals surface area contributed by atoms with Gasteiger partial charge in [-0.05, 0) is 74.7 Å². The summed E-state index contributed by atoms with van der Waals surface area (Å²) in [5, 5.41) is 10.3. The summed E-state index contributed by atoms with van der Waals surface area (Å²) in [5.74, 6) is 2.44. The Morgan fingerprint density at radius 2 is 1.90 bits per heavy atom. The molecule has 212 valence electrons. The molecule has 40 heavy (non-hydrogen) atoms. The van der Waals surface area contributed by atoms with Crippen molar-refractivity contribution >= 4 is 40.2 Å². The van der Waals surface area contributed by atoms with Gasteiger partial charge in [0.15, 0.2) is 6.61 Å². The number of ether oxygens (including phenoxy) is 2. The van der Waals surface area contributed by atoms with E-state index < -0.39 is 5.97 Å². The molecular formula is C29H32Cl2N4O5. The molecule has 0 radical (unpaired) electrons. The van der Waals surface area contributed by atoms with Gasteiger partial charge in [-0.2, -0.15) is 0 Å². The minimum absolute atomic E-state index is 0.200. The first-order valence-electron chi connectivity index (χ1n) is 13.4. The summed E-state index contributed by atoms with van der Waals surface area (Å²) in [6.45, 7) is 4.87. The molecular weight excluding hydrogens is 555 g/mol. The summed E-state index contributed by atoms with van der Waals surface area (Å²) in [6.07, 6.45) is 6.01. The van der Waals surface area contributed by atoms with Crippen molar-refractivity contribution in [3.05, 3.63) is 75.7 Å². The third kappa shape index (κ3) is 7.14. The van der Waals surface area contributed by atoms with Crippen molar-refractivity contribution in [1.29, 1.82) is 0 Å². The summed E-state index contributed by atoms with van der Waals surface area (Å²) in [4.78, 5) is 22.8. The number of carbonyl (C=O) groups is 1. The van der Waals surface area contributed by atoms with Gasteiger partial charge in [0.2, 0.25) is 5.89 Å². The molecule has 0 amide bonds. The fraction of sp³-hybridized carbons (Fsp3) is 0.414. The van der Waals surface area contributed by atoms with Crippen LogP contribution in [0.4, 0.5) is 0 Å². The molecule has 2 fully saturated rings. The molecule has 9 nitrogen and oxygen atoms in total. The average Bonchev–Trinajstić information content (AvgIpc) is 3.47. The van der Waals surface area contributed by atoms with Gasteiger partial charge in [-0.25, -0.2) is 14.8 Å². The van der Waals surface area contributed by atoms with Gasteiger partial charge >= 0.3 is 5.97 Å². The third-order valence-corrected chi connectivity index (χ3v) is 7.74. The number of aryl methyl sites for hydroxylation is 1. The number of aromatic carboxylic acids is 1. The average molecular weight is 588 g/mol. The maximum absolute atomic E-state index is 11.3. The predicted molar refractivity (Wildman–Crippen MR) is 152 cm³/mol. The van der Waals surface area contributed by atoms with E-state index in [-0.39, 0.29) is 12.2 Å². The zero-order valence-corrected chi connectivity index (χ0v) is 23.8. The van der Waals surface area contributed by atoms with Crippen LogP contribution < -0.4 is 4.74 Å². The zero-order chi connectivity index (χ0) is 28.1. The number of rotatable bonds is 8. The molecule has 2 saturated heterocycles. The molecule has 0 saturated carbocycles. The Balaban J connectivity index is 0.000000741. The SMILES string of the molecule is C1COC1.Cn1c(CN2CCC(Cc3cnc(COc4ccc(Cl)cc4Cl)o3)CC2)nc2ccc(C(=O)O)cc21. The van der Waals surface area contributed by atoms with E-state index in [1.807, 2.05) is 11.6 Å². The molecule has 4 heterocycles. The number of aromatic nitrogens is 3. The normalized spacial score (nSPS) is 15.9. The van der Waals surface area contributed by atoms with Gasteiger partial charge < -0.3 is 23.6 Å². The molecule has 2 aromatic carbocycles. The molecule has 11 heteroatoms. The monoisotopic (exact) mass is 586 g/mol. The fourth-order valence-electron chi connectivity index (χ4n) is 4.73. The molecule has 2 aliphatic rings. The molecule has 0 unspecified atom stereocenters. The zero-order valence-electron chi connectivity index (χ0n) is 22.3. The summed E-state index contributed by atoms with van der Waals surface area (Å²) < 4.78 is 18.3. The number of imidazole rings is 1. The van der Waals surface area contributed by atoms with Gasteiger partial charge in [0.25, 0.3) is 0 Å². The van der Waals surface area contributed by atoms with Crippen LogP contribution in [0, 0.1) is 5.92 Å². The van der Waals surface area contributed by atoms with Crippen LogP contribution in [0.15, 0.2) is 47.0 Å². The van der Waals surface area contributed by atoms with E-state index in [4.69, 9.17) is 42.1 Å². The lowest BCUT2D eigenvalue weighted by Crippen LogP contribution is -2.34. The number of likely N-dealkylation sites (tertiary alicyclic amines) is 1. The van der Waals surface area contributed by atoms with Gasteiger partial charge in [0, 0.05) is 31.7 Å². The molecule has 4 aromatic rings. The maximum atomic E-state index is 11.3. The van der Waals surface area contributed by atoms with Gasteiger partial charge in [-0.1, -0.05) is 23.2 Å². The molecule has 0 bridgehead atoms. The highest BCUT2D eigenvalue weighted by Crippen LogP contribution is 2.29. The van der Waals surface area contributed by atoms with Crippen LogP contribution in [-0.2, 0) is 31.4 Å². The summed E-state index contributed by atoms with van der Waals surface area (Å²) in [7, 11) is 1.94. The van der Waals surface area contributed by atoms with Crippen molar-refractivity contribution in [3.8, 4) is 5.75 Å². The predicted octanol–water partition coefficient (Wildman–Crippen LogP) is 6.01. The number of carboxylic acid groups (broad SMARTS) is 1. The van der Waals surface area contributed by atoms with Crippen LogP contribution >= 0.6 is 23.2 Å². The Bertz CT molecular complexity index is 1450. The van der Waals surface area contributed by atoms with E-state index >= 15 is 0 Å². The Kier molecular flexibility index (Phi) is 9.26. The van der Waals surface area contributed by atoms with E-state index in [0.717, 1.165) is 74.7 Å². The number of oxazole rings is 1. The highest BCUT2D eigenvalue weighted by molar-refractivity contribution is 6.35. The largest absolute Gasteiger partial charge is 0.482 e. The van der Waals surface area contributed by atoms with Gasteiger partial charge in [0.05, 0.1) is 34.4 Å². The first-order chi connectivity index (χ1) is 19.4. The van der Waals surface area contributed by atoms with E-state index in [1.54, 1.807) is 42.6 Å². The van der Waals surface area contributed by atoms with E-state index in [0.29, 0.717) is 27.6 Å². The second kappa shape index (κ2) is 13.0. The first kappa shape index (κ1) is 28.4. The topological polar surface area (TPSA) is 103 Å². The molecule has 0 spiro atoms. The summed E-state index contributed by atoms with van der Waals surface area (Å²) >= 11 is 12.1. The number of hydrogen-bond acceptors (Lipinski definition) is 7. The lowest BCUT2D eigenvalue weighted by atomic mass is 9.93. The number of carboxylic acids is 1. The minimum Gasteiger partial charge on any atom is -0.482 e. The van der Waals surface area contributed by atoms with Gasteiger partial charge in [0.1, 0.15) is 17.3 Å². The van der Waals surface area contributed by atoms with Crippen LogP contribution in [0.1, 0.15) is 47.1 Å². The Labute approximate surface area is 242 Å². The van der Waals surface area contributed by atoms with Crippen LogP contribution in [0.3, 0.4) is 0 Å². The fourth-order valence-corrected chi connectivity index (χ4v) is 5.20. The lowest BCUT2D eigenvalue weighted by Gasteiger charge is -2.31. The summed E-state index contributed by atoms with van der Waals surface area (Å²) in [6, 6.07) is 10.1. The highest BCUT2D eigenvalue weighted by Gasteiger charge is 2.23. The highest BCUT2D eigenvalue weighted by atomic mass is 35.5. The minimum atomic E-state index is -0.931. The van der Waals surface area contributed by atoms with Crippen LogP contribution in [0.25, 0.3) is 11.0 Å². The number of piperidine rings is 1. The first-order valence-corrected chi connectivity index (χ1v) is 14.1. The van der Waals surface area contributed by atoms with Crippen LogP contribution in [0.2, 0.25) is 10.0 Å². The molecule has 2 aromatic heterocycles. The quantitative estimate of drug-likeness (QED) is 0.268. The Morgan fingerprint density at radius 1 is 1.15 bits per heavy atom. The standard InChI is InChI=1S/C26H26Cl2N4O4.C3H6O/c1-31-22-11-17(26(33)34)2-4-21(22)30-24(31)14-32-8-6-16(7-9-32)10-19-13-29-25(36-19)15-35-23-5-3-18(27)12-20(23)28;1-2-4-3-1/h2-5,11-13,16H,6-10,14-15H2,1H3,(H,33,34);1-3H2. The van der Waals surface area contributed by atoms with Crippen molar-refractivity contribution in [2.24, 2.45) is 13.0 Å². The number of nitrogens with zero attached hydrogens (tertiary/aromatic N) is 4. The van der Waals surface area contributed by atoms with Gasteiger partial charge in [-0.3, -0.25) is 4.90 Å². The molecule has 1 N–H and O–H groups in total. The lowest BCUT2D eigenvalue weighted by molar-refractivity contribution is 0.0367. The van der Waals surface area contributed by atoms with Gasteiger partial charge in [-0.15, -0.1) is 0 Å². The second-order valence-electron chi connectivity index (χ2n) is 10.1. The molecule has 0 atom stereocenters. The van der Waals surface area contributed by atoms with Crippen molar-refractivity contribution < 1.29 is 23.8 Å².